The summed E-state index contributed by atoms with van der Waals surface area (Å²) in [5.41, 5.74) is 1.44. The fraction of sp³-hybridized carbons (Fsp3) is 0.125. The number of carbonyl (C=O) groups is 2. The van der Waals surface area contributed by atoms with Crippen molar-refractivity contribution in [3.63, 3.8) is 0 Å². The van der Waals surface area contributed by atoms with Gasteiger partial charge in [-0.2, -0.15) is 0 Å². The molecule has 0 aliphatic carbocycles. The molecule has 0 unspecified atom stereocenters. The molecule has 1 atom stereocenters. The first-order valence-corrected chi connectivity index (χ1v) is 9.46. The molecule has 0 aliphatic rings. The van der Waals surface area contributed by atoms with Crippen LogP contribution >= 0.6 is 0 Å². The van der Waals surface area contributed by atoms with Crippen molar-refractivity contribution in [2.75, 3.05) is 5.32 Å². The van der Waals surface area contributed by atoms with Crippen LogP contribution in [0.4, 0.5) is 5.69 Å². The van der Waals surface area contributed by atoms with Gasteiger partial charge < -0.3 is 14.5 Å². The molecule has 4 aromatic rings. The maximum Gasteiger partial charge on any atom is 0.375 e. The summed E-state index contributed by atoms with van der Waals surface area (Å²) in [6.45, 7) is 3.31. The number of amides is 1. The summed E-state index contributed by atoms with van der Waals surface area (Å²) in [6, 6.07) is 19.5. The number of fused-ring (bicyclic) bond motifs is 2. The topological polar surface area (TPSA) is 85.6 Å². The van der Waals surface area contributed by atoms with E-state index in [1.807, 2.05) is 43.3 Å². The Labute approximate surface area is 172 Å². The monoisotopic (exact) mass is 401 g/mol. The second kappa shape index (κ2) is 7.83. The summed E-state index contributed by atoms with van der Waals surface area (Å²) in [7, 11) is 0. The summed E-state index contributed by atoms with van der Waals surface area (Å²) < 4.78 is 10.7. The van der Waals surface area contributed by atoms with Crippen LogP contribution in [-0.2, 0) is 9.53 Å². The van der Waals surface area contributed by atoms with Crippen LogP contribution in [0.1, 0.15) is 23.0 Å². The molecule has 6 nitrogen and oxygen atoms in total. The Bertz CT molecular complexity index is 1340. The number of anilines is 1. The summed E-state index contributed by atoms with van der Waals surface area (Å²) in [5.74, 6) is -1.62. The summed E-state index contributed by atoms with van der Waals surface area (Å²) in [4.78, 5) is 37.1. The molecule has 0 bridgehead atoms. The van der Waals surface area contributed by atoms with Crippen molar-refractivity contribution in [2.24, 2.45) is 0 Å². The van der Waals surface area contributed by atoms with Gasteiger partial charge in [-0.05, 0) is 48.9 Å². The Morgan fingerprint density at radius 2 is 1.73 bits per heavy atom. The number of carbonyl (C=O) groups excluding carboxylic acids is 2. The number of esters is 1. The molecule has 0 spiro atoms. The summed E-state index contributed by atoms with van der Waals surface area (Å²) in [5, 5.41) is 5.14. The van der Waals surface area contributed by atoms with E-state index in [-0.39, 0.29) is 16.8 Å². The van der Waals surface area contributed by atoms with Gasteiger partial charge in [-0.1, -0.05) is 42.0 Å². The molecule has 30 heavy (non-hydrogen) atoms. The van der Waals surface area contributed by atoms with E-state index >= 15 is 0 Å². The number of aryl methyl sites for hydroxylation is 1. The number of nitrogens with one attached hydrogen (secondary N) is 1. The molecule has 1 heterocycles. The van der Waals surface area contributed by atoms with Gasteiger partial charge in [-0.25, -0.2) is 4.79 Å². The Hall–Kier alpha value is -3.93. The first-order chi connectivity index (χ1) is 14.4. The van der Waals surface area contributed by atoms with Crippen molar-refractivity contribution in [3.8, 4) is 0 Å². The zero-order valence-electron chi connectivity index (χ0n) is 16.5. The predicted octanol–water partition coefficient (Wildman–Crippen LogP) is 4.44. The lowest BCUT2D eigenvalue weighted by Crippen LogP contribution is -2.30. The third kappa shape index (κ3) is 3.93. The van der Waals surface area contributed by atoms with Gasteiger partial charge in [0.15, 0.2) is 11.5 Å². The van der Waals surface area contributed by atoms with Crippen LogP contribution in [0, 0.1) is 6.92 Å². The SMILES string of the molecule is Cc1ccc2oc(C(=O)O[C@@H](C)C(=O)Nc3ccc4ccccc4c3)cc(=O)c2c1. The zero-order valence-corrected chi connectivity index (χ0v) is 16.5. The Morgan fingerprint density at radius 3 is 2.53 bits per heavy atom. The smallest absolute Gasteiger partial charge is 0.375 e. The minimum absolute atomic E-state index is 0.248. The molecule has 1 amide bonds. The standard InChI is InChI=1S/C24H19NO5/c1-14-7-10-21-19(11-14)20(26)13-22(30-21)24(28)29-15(2)23(27)25-18-9-8-16-5-3-4-6-17(16)12-18/h3-13,15H,1-2H3,(H,25,27)/t15-/m0/s1. The molecule has 1 aromatic heterocycles. The molecular weight excluding hydrogens is 382 g/mol. The highest BCUT2D eigenvalue weighted by Crippen LogP contribution is 2.19. The maximum absolute atomic E-state index is 12.5. The van der Waals surface area contributed by atoms with Crippen LogP contribution < -0.4 is 10.7 Å². The van der Waals surface area contributed by atoms with Gasteiger partial charge in [-0.3, -0.25) is 9.59 Å². The van der Waals surface area contributed by atoms with Crippen LogP contribution in [0.5, 0.6) is 0 Å². The molecule has 4 rings (SSSR count). The predicted molar refractivity (Wildman–Crippen MR) is 115 cm³/mol. The van der Waals surface area contributed by atoms with Gasteiger partial charge in [0.1, 0.15) is 5.58 Å². The number of hydrogen-bond donors (Lipinski definition) is 1. The van der Waals surface area contributed by atoms with E-state index in [2.05, 4.69) is 5.32 Å². The third-order valence-electron chi connectivity index (χ3n) is 4.75. The van der Waals surface area contributed by atoms with Gasteiger partial charge in [-0.15, -0.1) is 0 Å². The van der Waals surface area contributed by atoms with E-state index < -0.39 is 18.0 Å². The fourth-order valence-corrected chi connectivity index (χ4v) is 3.15. The highest BCUT2D eigenvalue weighted by atomic mass is 16.6. The number of hydrogen-bond acceptors (Lipinski definition) is 5. The second-order valence-corrected chi connectivity index (χ2v) is 7.07. The van der Waals surface area contributed by atoms with Gasteiger partial charge in [0.2, 0.25) is 5.76 Å². The van der Waals surface area contributed by atoms with Crippen LogP contribution in [0.15, 0.2) is 75.9 Å². The lowest BCUT2D eigenvalue weighted by molar-refractivity contribution is -0.123. The third-order valence-corrected chi connectivity index (χ3v) is 4.75. The summed E-state index contributed by atoms with van der Waals surface area (Å²) in [6.07, 6.45) is -1.08. The van der Waals surface area contributed by atoms with Crippen molar-refractivity contribution in [3.05, 3.63) is 88.3 Å². The van der Waals surface area contributed by atoms with Crippen molar-refractivity contribution in [2.45, 2.75) is 20.0 Å². The first-order valence-electron chi connectivity index (χ1n) is 9.46. The molecule has 3 aromatic carbocycles. The van der Waals surface area contributed by atoms with E-state index in [1.165, 1.54) is 6.92 Å². The van der Waals surface area contributed by atoms with Crippen molar-refractivity contribution >= 4 is 39.3 Å². The Kier molecular flexibility index (Phi) is 5.06. The zero-order chi connectivity index (χ0) is 21.3. The molecule has 0 saturated heterocycles. The summed E-state index contributed by atoms with van der Waals surface area (Å²) >= 11 is 0. The van der Waals surface area contributed by atoms with Gasteiger partial charge in [0.05, 0.1) is 5.39 Å². The van der Waals surface area contributed by atoms with Crippen LogP contribution in [0.25, 0.3) is 21.7 Å². The minimum atomic E-state index is -1.08. The molecule has 150 valence electrons. The van der Waals surface area contributed by atoms with E-state index in [9.17, 15) is 14.4 Å². The first kappa shape index (κ1) is 19.4. The lowest BCUT2D eigenvalue weighted by Gasteiger charge is -2.13. The molecule has 0 aliphatic heterocycles. The van der Waals surface area contributed by atoms with E-state index in [4.69, 9.17) is 9.15 Å². The van der Waals surface area contributed by atoms with Crippen molar-refractivity contribution in [1.82, 2.24) is 0 Å². The minimum Gasteiger partial charge on any atom is -0.449 e. The molecule has 0 fully saturated rings. The van der Waals surface area contributed by atoms with E-state index in [0.717, 1.165) is 22.4 Å². The van der Waals surface area contributed by atoms with Gasteiger partial charge >= 0.3 is 5.97 Å². The highest BCUT2D eigenvalue weighted by molar-refractivity contribution is 5.98. The quantitative estimate of drug-likeness (QED) is 0.511. The molecule has 6 heteroatoms. The van der Waals surface area contributed by atoms with Gasteiger partial charge in [0, 0.05) is 11.8 Å². The molecule has 0 radical (unpaired) electrons. The molecule has 0 saturated carbocycles. The van der Waals surface area contributed by atoms with E-state index in [0.29, 0.717) is 11.1 Å². The average molecular weight is 401 g/mol. The molecular formula is C24H19NO5. The second-order valence-electron chi connectivity index (χ2n) is 7.07. The van der Waals surface area contributed by atoms with Crippen molar-refractivity contribution in [1.29, 1.82) is 0 Å². The molecule has 1 N–H and O–H groups in total. The Morgan fingerprint density at radius 1 is 0.967 bits per heavy atom. The van der Waals surface area contributed by atoms with Crippen molar-refractivity contribution < 1.29 is 18.7 Å². The number of benzene rings is 3. The fourth-order valence-electron chi connectivity index (χ4n) is 3.15. The average Bonchev–Trinajstić information content (AvgIpc) is 2.74. The van der Waals surface area contributed by atoms with Crippen LogP contribution in [-0.4, -0.2) is 18.0 Å². The van der Waals surface area contributed by atoms with E-state index in [1.54, 1.807) is 24.3 Å². The highest BCUT2D eigenvalue weighted by Gasteiger charge is 2.21. The van der Waals surface area contributed by atoms with Gasteiger partial charge in [0.25, 0.3) is 5.91 Å². The lowest BCUT2D eigenvalue weighted by atomic mass is 10.1. The maximum atomic E-state index is 12.5. The van der Waals surface area contributed by atoms with Crippen LogP contribution in [0.3, 0.4) is 0 Å². The number of ether oxygens (including phenoxy) is 1. The van der Waals surface area contributed by atoms with Crippen LogP contribution in [0.2, 0.25) is 0 Å². The number of rotatable bonds is 4. The largest absolute Gasteiger partial charge is 0.449 e. The normalized spacial score (nSPS) is 11.9. The Balaban J connectivity index is 1.48.